The Bertz CT molecular complexity index is 1310. The number of carbonyl (C=O) groups is 2. The molecule has 0 atom stereocenters. The van der Waals surface area contributed by atoms with Crippen molar-refractivity contribution in [3.8, 4) is 5.75 Å². The fourth-order valence-electron chi connectivity index (χ4n) is 3.66. The molecule has 1 aromatic heterocycles. The van der Waals surface area contributed by atoms with Crippen LogP contribution in [-0.4, -0.2) is 23.5 Å². The molecular formula is C27H27ClN2O3. The van der Waals surface area contributed by atoms with E-state index in [0.29, 0.717) is 16.1 Å². The van der Waals surface area contributed by atoms with E-state index in [1.807, 2.05) is 50.2 Å². The summed E-state index contributed by atoms with van der Waals surface area (Å²) in [5.74, 6) is 0.354. The van der Waals surface area contributed by atoms with Crippen molar-refractivity contribution in [2.75, 3.05) is 7.11 Å². The first kappa shape index (κ1) is 24.1. The molecule has 0 radical (unpaired) electrons. The monoisotopic (exact) mass is 462 g/mol. The van der Waals surface area contributed by atoms with Crippen LogP contribution in [0.2, 0.25) is 5.02 Å². The molecule has 4 rings (SSSR count). The third-order valence-electron chi connectivity index (χ3n) is 5.50. The molecular weight excluding hydrogens is 436 g/mol. The van der Waals surface area contributed by atoms with Crippen LogP contribution in [0.15, 0.2) is 66.7 Å². The Hall–Kier alpha value is -3.57. The highest BCUT2D eigenvalue weighted by Crippen LogP contribution is 2.25. The van der Waals surface area contributed by atoms with Gasteiger partial charge in [0.15, 0.2) is 0 Å². The van der Waals surface area contributed by atoms with Gasteiger partial charge in [-0.2, -0.15) is 0 Å². The second-order valence-electron chi connectivity index (χ2n) is 7.72. The molecule has 0 aliphatic heterocycles. The van der Waals surface area contributed by atoms with Crippen LogP contribution in [0.1, 0.15) is 44.5 Å². The molecule has 4 aromatic rings. The summed E-state index contributed by atoms with van der Waals surface area (Å²) in [4.78, 5) is 23.5. The number of benzene rings is 3. The zero-order valence-corrected chi connectivity index (χ0v) is 19.9. The van der Waals surface area contributed by atoms with Crippen molar-refractivity contribution in [1.82, 2.24) is 4.57 Å². The highest BCUT2D eigenvalue weighted by Gasteiger charge is 2.15. The van der Waals surface area contributed by atoms with E-state index >= 15 is 0 Å². The standard InChI is InChI=1S/C17H14ClNO2.C10H13NO/c1-11-9-13-10-15(21-2)7-8-16(13)19(11)17(20)12-3-5-14(18)6-4-12;1-3-8-6-9(10(11)12)5-4-7(8)2/h3-10H,1-2H3;4-6H,3H2,1-2H3,(H2,11,12). The van der Waals surface area contributed by atoms with E-state index in [1.54, 1.807) is 42.0 Å². The van der Waals surface area contributed by atoms with Gasteiger partial charge in [0, 0.05) is 27.2 Å². The quantitative estimate of drug-likeness (QED) is 0.406. The number of halogens is 1. The summed E-state index contributed by atoms with van der Waals surface area (Å²) in [6.45, 7) is 6.01. The average molecular weight is 463 g/mol. The molecule has 33 heavy (non-hydrogen) atoms. The van der Waals surface area contributed by atoms with E-state index in [0.717, 1.165) is 28.8 Å². The lowest BCUT2D eigenvalue weighted by Gasteiger charge is -2.07. The van der Waals surface area contributed by atoms with E-state index in [2.05, 4.69) is 6.92 Å². The zero-order valence-electron chi connectivity index (χ0n) is 19.2. The van der Waals surface area contributed by atoms with Crippen molar-refractivity contribution in [3.63, 3.8) is 0 Å². The normalized spacial score (nSPS) is 10.5. The molecule has 6 heteroatoms. The lowest BCUT2D eigenvalue weighted by Crippen LogP contribution is -2.13. The van der Waals surface area contributed by atoms with Gasteiger partial charge < -0.3 is 10.5 Å². The topological polar surface area (TPSA) is 74.3 Å². The largest absolute Gasteiger partial charge is 0.497 e. The van der Waals surface area contributed by atoms with Crippen molar-refractivity contribution in [2.24, 2.45) is 5.73 Å². The summed E-state index contributed by atoms with van der Waals surface area (Å²) in [6, 6.07) is 20.1. The Balaban J connectivity index is 0.000000218. The van der Waals surface area contributed by atoms with Crippen LogP contribution < -0.4 is 10.5 Å². The second-order valence-corrected chi connectivity index (χ2v) is 8.15. The summed E-state index contributed by atoms with van der Waals surface area (Å²) < 4.78 is 6.93. The van der Waals surface area contributed by atoms with Crippen LogP contribution in [-0.2, 0) is 6.42 Å². The van der Waals surface area contributed by atoms with Gasteiger partial charge in [-0.25, -0.2) is 0 Å². The van der Waals surface area contributed by atoms with E-state index in [-0.39, 0.29) is 11.8 Å². The van der Waals surface area contributed by atoms with Crippen LogP contribution in [0.25, 0.3) is 10.9 Å². The van der Waals surface area contributed by atoms with Crippen LogP contribution in [0, 0.1) is 13.8 Å². The summed E-state index contributed by atoms with van der Waals surface area (Å²) >= 11 is 5.87. The number of primary amides is 1. The first-order valence-electron chi connectivity index (χ1n) is 10.6. The van der Waals surface area contributed by atoms with Gasteiger partial charge in [0.1, 0.15) is 5.75 Å². The maximum Gasteiger partial charge on any atom is 0.262 e. The minimum absolute atomic E-state index is 0.0654. The average Bonchev–Trinajstić information content (AvgIpc) is 3.14. The molecule has 2 N–H and O–H groups in total. The number of nitrogens with two attached hydrogens (primary N) is 1. The second kappa shape index (κ2) is 10.4. The number of hydrogen-bond acceptors (Lipinski definition) is 3. The van der Waals surface area contributed by atoms with Crippen molar-refractivity contribution in [2.45, 2.75) is 27.2 Å². The highest BCUT2D eigenvalue weighted by molar-refractivity contribution is 6.30. The molecule has 0 spiro atoms. The molecule has 3 aromatic carbocycles. The molecule has 1 heterocycles. The van der Waals surface area contributed by atoms with Crippen LogP contribution >= 0.6 is 11.6 Å². The molecule has 0 saturated heterocycles. The number of aromatic nitrogens is 1. The highest BCUT2D eigenvalue weighted by atomic mass is 35.5. The Labute approximate surface area is 198 Å². The van der Waals surface area contributed by atoms with Crippen molar-refractivity contribution >= 4 is 34.3 Å². The molecule has 5 nitrogen and oxygen atoms in total. The number of fused-ring (bicyclic) bond motifs is 1. The number of amides is 1. The number of nitrogens with zero attached hydrogens (tertiary/aromatic N) is 1. The van der Waals surface area contributed by atoms with Gasteiger partial charge in [0.05, 0.1) is 12.6 Å². The maximum atomic E-state index is 12.7. The van der Waals surface area contributed by atoms with Gasteiger partial charge in [-0.05, 0) is 92.1 Å². The van der Waals surface area contributed by atoms with Gasteiger partial charge >= 0.3 is 0 Å². The minimum Gasteiger partial charge on any atom is -0.497 e. The Morgan fingerprint density at radius 2 is 1.61 bits per heavy atom. The number of aryl methyl sites for hydroxylation is 3. The number of carbonyl (C=O) groups excluding carboxylic acids is 2. The lowest BCUT2D eigenvalue weighted by molar-refractivity contribution is 0.0961. The molecule has 0 aliphatic carbocycles. The summed E-state index contributed by atoms with van der Waals surface area (Å²) in [6.07, 6.45) is 0.937. The van der Waals surface area contributed by atoms with E-state index in [4.69, 9.17) is 22.1 Å². The van der Waals surface area contributed by atoms with Crippen molar-refractivity contribution in [1.29, 1.82) is 0 Å². The molecule has 1 amide bonds. The fraction of sp³-hybridized carbons (Fsp3) is 0.185. The summed E-state index contributed by atoms with van der Waals surface area (Å²) in [5.41, 5.74) is 10.5. The predicted molar refractivity (Wildman–Crippen MR) is 133 cm³/mol. The first-order valence-corrected chi connectivity index (χ1v) is 11.0. The molecule has 170 valence electrons. The maximum absolute atomic E-state index is 12.7. The fourth-order valence-corrected chi connectivity index (χ4v) is 3.78. The van der Waals surface area contributed by atoms with Crippen LogP contribution in [0.4, 0.5) is 0 Å². The Morgan fingerprint density at radius 3 is 2.21 bits per heavy atom. The molecule has 0 saturated carbocycles. The van der Waals surface area contributed by atoms with Gasteiger partial charge in [-0.1, -0.05) is 24.6 Å². The minimum atomic E-state index is -0.357. The third-order valence-corrected chi connectivity index (χ3v) is 5.75. The predicted octanol–water partition coefficient (Wildman–Crippen LogP) is 5.96. The van der Waals surface area contributed by atoms with Gasteiger partial charge in [0.25, 0.3) is 5.91 Å². The third kappa shape index (κ3) is 5.44. The number of methoxy groups -OCH3 is 1. The zero-order chi connectivity index (χ0) is 24.1. The lowest BCUT2D eigenvalue weighted by atomic mass is 10.0. The number of hydrogen-bond donors (Lipinski definition) is 1. The van der Waals surface area contributed by atoms with Crippen LogP contribution in [0.5, 0.6) is 5.75 Å². The first-order chi connectivity index (χ1) is 15.7. The number of ether oxygens (including phenoxy) is 1. The molecule has 0 aliphatic rings. The van der Waals surface area contributed by atoms with E-state index < -0.39 is 0 Å². The van der Waals surface area contributed by atoms with Gasteiger partial charge in [-0.15, -0.1) is 0 Å². The smallest absolute Gasteiger partial charge is 0.262 e. The Kier molecular flexibility index (Phi) is 7.56. The van der Waals surface area contributed by atoms with Crippen molar-refractivity contribution < 1.29 is 14.3 Å². The SMILES string of the molecule is CCc1cc(C(N)=O)ccc1C.COc1ccc2c(c1)cc(C)n2C(=O)c1ccc(Cl)cc1. The number of rotatable bonds is 4. The van der Waals surface area contributed by atoms with E-state index in [9.17, 15) is 9.59 Å². The molecule has 0 bridgehead atoms. The summed E-state index contributed by atoms with van der Waals surface area (Å²) in [5, 5.41) is 1.60. The molecule has 0 fully saturated rings. The summed E-state index contributed by atoms with van der Waals surface area (Å²) in [7, 11) is 1.63. The van der Waals surface area contributed by atoms with Gasteiger partial charge in [0.2, 0.25) is 5.91 Å². The van der Waals surface area contributed by atoms with Crippen molar-refractivity contribution in [3.05, 3.63) is 99.7 Å². The van der Waals surface area contributed by atoms with E-state index in [1.165, 1.54) is 11.1 Å². The Morgan fingerprint density at radius 1 is 0.939 bits per heavy atom. The molecule has 0 unspecified atom stereocenters. The van der Waals surface area contributed by atoms with Gasteiger partial charge in [-0.3, -0.25) is 14.2 Å². The van der Waals surface area contributed by atoms with Crippen LogP contribution in [0.3, 0.4) is 0 Å².